The number of hydrogen-bond donors (Lipinski definition) is 1. The molecule has 146 valence electrons. The van der Waals surface area contributed by atoms with Crippen LogP contribution in [0.1, 0.15) is 24.5 Å². The third-order valence-electron chi connectivity index (χ3n) is 5.30. The highest BCUT2D eigenvalue weighted by atomic mass is 19.4. The molecule has 1 aliphatic carbocycles. The molecule has 2 aliphatic rings. The van der Waals surface area contributed by atoms with Crippen LogP contribution < -0.4 is 10.1 Å². The summed E-state index contributed by atoms with van der Waals surface area (Å²) in [5.41, 5.74) is 4.26. The number of amides is 1. The molecule has 0 saturated carbocycles. The van der Waals surface area contributed by atoms with E-state index in [4.69, 9.17) is 0 Å². The van der Waals surface area contributed by atoms with Crippen molar-refractivity contribution >= 4 is 11.5 Å². The van der Waals surface area contributed by atoms with Gasteiger partial charge < -0.3 is 10.1 Å². The first kappa shape index (κ1) is 18.5. The normalized spacial score (nSPS) is 19.0. The molecule has 0 radical (unpaired) electrons. The Labute approximate surface area is 159 Å². The van der Waals surface area contributed by atoms with E-state index < -0.39 is 12.2 Å². The van der Waals surface area contributed by atoms with Gasteiger partial charge in [-0.25, -0.2) is 4.39 Å². The summed E-state index contributed by atoms with van der Waals surface area (Å²) in [6, 6.07) is 8.20. The number of halogens is 4. The molecule has 1 unspecified atom stereocenters. The van der Waals surface area contributed by atoms with Crippen LogP contribution in [0, 0.1) is 11.7 Å². The van der Waals surface area contributed by atoms with Crippen LogP contribution in [0.25, 0.3) is 16.7 Å². The molecule has 28 heavy (non-hydrogen) atoms. The second kappa shape index (κ2) is 6.65. The maximum Gasteiger partial charge on any atom is 0.573 e. The van der Waals surface area contributed by atoms with Gasteiger partial charge in [0.05, 0.1) is 0 Å². The Morgan fingerprint density at radius 1 is 1.11 bits per heavy atom. The molecule has 2 aromatic rings. The number of benzene rings is 2. The van der Waals surface area contributed by atoms with Gasteiger partial charge in [-0.3, -0.25) is 4.79 Å². The molecule has 1 amide bonds. The van der Waals surface area contributed by atoms with Crippen molar-refractivity contribution in [2.45, 2.75) is 26.1 Å². The first-order valence-electron chi connectivity index (χ1n) is 8.91. The summed E-state index contributed by atoms with van der Waals surface area (Å²) in [6.45, 7) is 2.41. The predicted octanol–water partition coefficient (Wildman–Crippen LogP) is 4.86. The maximum absolute atomic E-state index is 14.3. The van der Waals surface area contributed by atoms with Crippen LogP contribution in [-0.4, -0.2) is 18.8 Å². The van der Waals surface area contributed by atoms with E-state index in [1.165, 1.54) is 36.4 Å². The fraction of sp³-hybridized carbons (Fsp3) is 0.286. The van der Waals surface area contributed by atoms with E-state index in [0.29, 0.717) is 35.2 Å². The second-order valence-electron chi connectivity index (χ2n) is 7.04. The summed E-state index contributed by atoms with van der Waals surface area (Å²) in [7, 11) is 0. The summed E-state index contributed by atoms with van der Waals surface area (Å²) >= 11 is 0. The van der Waals surface area contributed by atoms with Crippen molar-refractivity contribution in [1.82, 2.24) is 5.32 Å². The number of allylic oxidation sites excluding steroid dienone is 1. The Bertz CT molecular complexity index is 977. The monoisotopic (exact) mass is 391 g/mol. The predicted molar refractivity (Wildman–Crippen MR) is 95.9 cm³/mol. The zero-order valence-electron chi connectivity index (χ0n) is 15.0. The smallest absolute Gasteiger partial charge is 0.406 e. The lowest BCUT2D eigenvalue weighted by molar-refractivity contribution is -0.274. The van der Waals surface area contributed by atoms with E-state index in [1.807, 2.05) is 6.92 Å². The highest BCUT2D eigenvalue weighted by Crippen LogP contribution is 2.42. The molecule has 1 heterocycles. The SMILES string of the molecule is CC1=C2C(=O)NCCC2Cc2c1cc(F)cc2-c1ccc(OC(F)(F)F)cc1. The van der Waals surface area contributed by atoms with Gasteiger partial charge in [0.15, 0.2) is 0 Å². The van der Waals surface area contributed by atoms with E-state index >= 15 is 0 Å². The average molecular weight is 391 g/mol. The zero-order valence-corrected chi connectivity index (χ0v) is 15.0. The Kier molecular flexibility index (Phi) is 4.40. The highest BCUT2D eigenvalue weighted by molar-refractivity contribution is 6.03. The molecule has 0 aromatic heterocycles. The fourth-order valence-electron chi connectivity index (χ4n) is 4.14. The van der Waals surface area contributed by atoms with Gasteiger partial charge in [-0.1, -0.05) is 12.1 Å². The van der Waals surface area contributed by atoms with E-state index in [1.54, 1.807) is 0 Å². The number of carbonyl (C=O) groups excluding carboxylic acids is 1. The second-order valence-corrected chi connectivity index (χ2v) is 7.04. The maximum atomic E-state index is 14.3. The molecule has 1 fully saturated rings. The Balaban J connectivity index is 1.79. The minimum atomic E-state index is -4.76. The lowest BCUT2D eigenvalue weighted by Gasteiger charge is -2.33. The van der Waals surface area contributed by atoms with Crippen molar-refractivity contribution in [3.8, 4) is 16.9 Å². The van der Waals surface area contributed by atoms with Crippen LogP contribution in [-0.2, 0) is 11.2 Å². The molecule has 4 rings (SSSR count). The Hall–Kier alpha value is -2.83. The number of piperidine rings is 1. The van der Waals surface area contributed by atoms with Crippen LogP contribution in [0.15, 0.2) is 42.0 Å². The lowest BCUT2D eigenvalue weighted by atomic mass is 9.74. The first-order valence-corrected chi connectivity index (χ1v) is 8.91. The molecule has 2 aromatic carbocycles. The topological polar surface area (TPSA) is 38.3 Å². The lowest BCUT2D eigenvalue weighted by Crippen LogP contribution is -2.39. The van der Waals surface area contributed by atoms with Crippen molar-refractivity contribution in [2.24, 2.45) is 5.92 Å². The molecule has 1 atom stereocenters. The molecular weight excluding hydrogens is 374 g/mol. The third kappa shape index (κ3) is 3.37. The van der Waals surface area contributed by atoms with Crippen molar-refractivity contribution in [1.29, 1.82) is 0 Å². The number of alkyl halides is 3. The summed E-state index contributed by atoms with van der Waals surface area (Å²) in [4.78, 5) is 12.3. The van der Waals surface area contributed by atoms with Gasteiger partial charge in [-0.15, -0.1) is 13.2 Å². The van der Waals surface area contributed by atoms with E-state index in [9.17, 15) is 22.4 Å². The van der Waals surface area contributed by atoms with Gasteiger partial charge in [-0.2, -0.15) is 0 Å². The summed E-state index contributed by atoms with van der Waals surface area (Å²) in [5.74, 6) is -0.847. The van der Waals surface area contributed by atoms with Gasteiger partial charge >= 0.3 is 6.36 Å². The molecule has 0 spiro atoms. The number of ether oxygens (including phenoxy) is 1. The largest absolute Gasteiger partial charge is 0.573 e. The number of carbonyl (C=O) groups is 1. The molecule has 0 bridgehead atoms. The first-order chi connectivity index (χ1) is 13.2. The standard InChI is InChI=1S/C21H17F4NO2/c1-11-16-9-14(22)10-17(12-2-4-15(5-3-12)28-21(23,24)25)18(16)8-13-6-7-26-20(27)19(11)13/h2-5,9-10,13H,6-8H2,1H3,(H,26,27). The summed E-state index contributed by atoms with van der Waals surface area (Å²) in [6.07, 6.45) is -3.38. The molecule has 3 nitrogen and oxygen atoms in total. The summed E-state index contributed by atoms with van der Waals surface area (Å²) in [5, 5.41) is 2.83. The summed E-state index contributed by atoms with van der Waals surface area (Å²) < 4.78 is 55.3. The highest BCUT2D eigenvalue weighted by Gasteiger charge is 2.34. The number of rotatable bonds is 2. The van der Waals surface area contributed by atoms with Gasteiger partial charge in [0.25, 0.3) is 0 Å². The zero-order chi connectivity index (χ0) is 20.1. The van der Waals surface area contributed by atoms with Crippen molar-refractivity contribution in [3.05, 3.63) is 58.9 Å². The number of fused-ring (bicyclic) bond motifs is 2. The Morgan fingerprint density at radius 3 is 2.46 bits per heavy atom. The quantitative estimate of drug-likeness (QED) is 0.743. The van der Waals surface area contributed by atoms with E-state index in [2.05, 4.69) is 10.1 Å². The number of hydrogen-bond acceptors (Lipinski definition) is 2. The Morgan fingerprint density at radius 2 is 1.79 bits per heavy atom. The number of nitrogens with one attached hydrogen (secondary N) is 1. The van der Waals surface area contributed by atoms with E-state index in [0.717, 1.165) is 17.6 Å². The third-order valence-corrected chi connectivity index (χ3v) is 5.30. The van der Waals surface area contributed by atoms with Crippen molar-refractivity contribution in [2.75, 3.05) is 6.54 Å². The van der Waals surface area contributed by atoms with E-state index in [-0.39, 0.29) is 17.6 Å². The van der Waals surface area contributed by atoms with Crippen LogP contribution in [0.3, 0.4) is 0 Å². The van der Waals surface area contributed by atoms with Gasteiger partial charge in [0, 0.05) is 12.1 Å². The minimum absolute atomic E-state index is 0.0540. The van der Waals surface area contributed by atoms with Crippen LogP contribution in [0.5, 0.6) is 5.75 Å². The van der Waals surface area contributed by atoms with Gasteiger partial charge in [0.1, 0.15) is 11.6 Å². The molecule has 1 N–H and O–H groups in total. The average Bonchev–Trinajstić information content (AvgIpc) is 2.61. The molecular formula is C21H17F4NO2. The molecule has 7 heteroatoms. The minimum Gasteiger partial charge on any atom is -0.406 e. The van der Waals surface area contributed by atoms with Crippen LogP contribution in [0.2, 0.25) is 0 Å². The van der Waals surface area contributed by atoms with Crippen LogP contribution >= 0.6 is 0 Å². The molecule has 1 saturated heterocycles. The van der Waals surface area contributed by atoms with Crippen LogP contribution in [0.4, 0.5) is 17.6 Å². The van der Waals surface area contributed by atoms with Gasteiger partial charge in [0.2, 0.25) is 5.91 Å². The van der Waals surface area contributed by atoms with Crippen molar-refractivity contribution in [3.63, 3.8) is 0 Å². The van der Waals surface area contributed by atoms with Gasteiger partial charge in [-0.05, 0) is 77.8 Å². The van der Waals surface area contributed by atoms with Crippen molar-refractivity contribution < 1.29 is 27.1 Å². The fourth-order valence-corrected chi connectivity index (χ4v) is 4.14. The molecule has 1 aliphatic heterocycles.